The first-order valence-corrected chi connectivity index (χ1v) is 8.81. The van der Waals surface area contributed by atoms with E-state index in [1.54, 1.807) is 11.8 Å². The summed E-state index contributed by atoms with van der Waals surface area (Å²) in [5.41, 5.74) is 0.232. The minimum atomic E-state index is -0.592. The largest absolute Gasteiger partial charge is 0.497 e. The van der Waals surface area contributed by atoms with E-state index in [9.17, 15) is 4.79 Å². The van der Waals surface area contributed by atoms with Crippen molar-refractivity contribution in [3.8, 4) is 11.4 Å². The van der Waals surface area contributed by atoms with Gasteiger partial charge in [-0.15, -0.1) is 5.10 Å². The van der Waals surface area contributed by atoms with E-state index in [0.717, 1.165) is 37.1 Å². The van der Waals surface area contributed by atoms with Crippen molar-refractivity contribution in [2.24, 2.45) is 5.92 Å². The van der Waals surface area contributed by atoms with Crippen molar-refractivity contribution in [1.29, 1.82) is 0 Å². The maximum absolute atomic E-state index is 12.3. The number of carbonyl (C=O) groups excluding carboxylic acids is 1. The van der Waals surface area contributed by atoms with Crippen LogP contribution in [-0.4, -0.2) is 46.9 Å². The zero-order valence-corrected chi connectivity index (χ0v) is 15.4. The fourth-order valence-corrected chi connectivity index (χ4v) is 3.48. The van der Waals surface area contributed by atoms with Gasteiger partial charge in [0.25, 0.3) is 0 Å². The number of tetrazole rings is 1. The molecule has 2 aromatic rings. The van der Waals surface area contributed by atoms with Gasteiger partial charge in [-0.25, -0.2) is 0 Å². The van der Waals surface area contributed by atoms with Gasteiger partial charge in [-0.2, -0.15) is 4.68 Å². The minimum absolute atomic E-state index is 0.0153. The number of hydrogen-bond donors (Lipinski definition) is 1. The van der Waals surface area contributed by atoms with Crippen molar-refractivity contribution in [2.45, 2.75) is 38.1 Å². The third kappa shape index (κ3) is 3.70. The molecule has 26 heavy (non-hydrogen) atoms. The number of carbonyl (C=O) groups is 1. The molecule has 1 amide bonds. The topological polar surface area (TPSA) is 91.2 Å². The molecule has 3 rings (SSSR count). The number of nitrogens with zero attached hydrogens (tertiary/aromatic N) is 4. The zero-order chi connectivity index (χ0) is 18.6. The molecule has 8 nitrogen and oxygen atoms in total. The van der Waals surface area contributed by atoms with Crippen LogP contribution in [0.3, 0.4) is 0 Å². The summed E-state index contributed by atoms with van der Waals surface area (Å²) in [6.07, 6.45) is 3.59. The zero-order valence-electron chi connectivity index (χ0n) is 15.4. The Bertz CT molecular complexity index is 736. The second-order valence-corrected chi connectivity index (χ2v) is 6.86. The molecule has 8 heteroatoms. The highest BCUT2D eigenvalue weighted by Gasteiger charge is 2.42. The van der Waals surface area contributed by atoms with E-state index in [4.69, 9.17) is 9.47 Å². The summed E-state index contributed by atoms with van der Waals surface area (Å²) >= 11 is 0. The Morgan fingerprint density at radius 2 is 1.96 bits per heavy atom. The summed E-state index contributed by atoms with van der Waals surface area (Å²) in [7, 11) is 3.14. The van der Waals surface area contributed by atoms with E-state index in [1.807, 2.05) is 24.3 Å². The molecule has 1 N–H and O–H groups in total. The van der Waals surface area contributed by atoms with Crippen LogP contribution in [0, 0.1) is 5.92 Å². The van der Waals surface area contributed by atoms with Gasteiger partial charge in [-0.1, -0.05) is 6.92 Å². The van der Waals surface area contributed by atoms with E-state index in [2.05, 4.69) is 27.8 Å². The molecule has 0 bridgehead atoms. The molecular weight excluding hydrogens is 334 g/mol. The Morgan fingerprint density at radius 3 is 2.58 bits per heavy atom. The molecule has 0 unspecified atom stereocenters. The highest BCUT2D eigenvalue weighted by molar-refractivity contribution is 5.78. The van der Waals surface area contributed by atoms with Crippen LogP contribution in [0.4, 0.5) is 0 Å². The van der Waals surface area contributed by atoms with E-state index in [-0.39, 0.29) is 12.5 Å². The fraction of sp³-hybridized carbons (Fsp3) is 0.556. The van der Waals surface area contributed by atoms with Gasteiger partial charge in [-0.3, -0.25) is 4.79 Å². The lowest BCUT2D eigenvalue weighted by Crippen LogP contribution is -2.50. The van der Waals surface area contributed by atoms with Gasteiger partial charge in [0.15, 0.2) is 5.82 Å². The normalized spacial score (nSPS) is 22.8. The lowest BCUT2D eigenvalue weighted by molar-refractivity contribution is -0.127. The second kappa shape index (κ2) is 7.82. The van der Waals surface area contributed by atoms with Gasteiger partial charge in [0.1, 0.15) is 17.9 Å². The van der Waals surface area contributed by atoms with Crippen molar-refractivity contribution >= 4 is 5.91 Å². The van der Waals surface area contributed by atoms with Gasteiger partial charge < -0.3 is 14.8 Å². The molecule has 1 heterocycles. The molecule has 1 fully saturated rings. The molecule has 0 aliphatic heterocycles. The van der Waals surface area contributed by atoms with Crippen LogP contribution in [0.15, 0.2) is 24.3 Å². The number of aromatic nitrogens is 4. The molecule has 1 aromatic carbocycles. The van der Waals surface area contributed by atoms with Crippen LogP contribution in [0.5, 0.6) is 5.75 Å². The summed E-state index contributed by atoms with van der Waals surface area (Å²) in [6, 6.07) is 7.52. The summed E-state index contributed by atoms with van der Waals surface area (Å²) in [4.78, 5) is 12.3. The quantitative estimate of drug-likeness (QED) is 0.846. The van der Waals surface area contributed by atoms with Gasteiger partial charge in [0, 0.05) is 7.11 Å². The molecule has 1 saturated carbocycles. The average molecular weight is 359 g/mol. The fourth-order valence-electron chi connectivity index (χ4n) is 3.48. The second-order valence-electron chi connectivity index (χ2n) is 6.86. The van der Waals surface area contributed by atoms with E-state index in [0.29, 0.717) is 11.7 Å². The van der Waals surface area contributed by atoms with Crippen molar-refractivity contribution < 1.29 is 14.3 Å². The summed E-state index contributed by atoms with van der Waals surface area (Å²) in [5, 5.41) is 15.5. The first-order valence-electron chi connectivity index (χ1n) is 8.81. The molecule has 1 aliphatic carbocycles. The Morgan fingerprint density at radius 1 is 1.27 bits per heavy atom. The van der Waals surface area contributed by atoms with Crippen molar-refractivity contribution in [1.82, 2.24) is 25.5 Å². The summed E-state index contributed by atoms with van der Waals surface area (Å²) < 4.78 is 11.9. The molecule has 140 valence electrons. The number of benzene rings is 1. The Kier molecular flexibility index (Phi) is 5.51. The van der Waals surface area contributed by atoms with Crippen LogP contribution in [0.1, 0.15) is 38.4 Å². The monoisotopic (exact) mass is 359 g/mol. The highest BCUT2D eigenvalue weighted by Crippen LogP contribution is 2.39. The van der Waals surface area contributed by atoms with E-state index in [1.165, 1.54) is 7.11 Å². The van der Waals surface area contributed by atoms with E-state index >= 15 is 0 Å². The number of hydrogen-bond acceptors (Lipinski definition) is 6. The number of nitrogens with one attached hydrogen (secondary N) is 1. The van der Waals surface area contributed by atoms with E-state index < -0.39 is 5.54 Å². The van der Waals surface area contributed by atoms with Crippen LogP contribution in [-0.2, 0) is 15.1 Å². The Balaban J connectivity index is 1.96. The lowest BCUT2D eigenvalue weighted by Gasteiger charge is -2.38. The molecule has 0 saturated heterocycles. The molecule has 1 aliphatic rings. The number of rotatable bonds is 6. The maximum atomic E-state index is 12.3. The predicted molar refractivity (Wildman–Crippen MR) is 95.0 cm³/mol. The summed E-state index contributed by atoms with van der Waals surface area (Å²) in [5.74, 6) is 1.87. The van der Waals surface area contributed by atoms with Crippen LogP contribution in [0.25, 0.3) is 5.69 Å². The SMILES string of the molecule is COCC(=O)NC1(c2nnnn2-c2ccc(OC)cc2)CCC(C)CC1. The number of methoxy groups -OCH3 is 2. The molecule has 0 radical (unpaired) electrons. The van der Waals surface area contributed by atoms with Crippen LogP contribution >= 0.6 is 0 Å². The van der Waals surface area contributed by atoms with Crippen LogP contribution in [0.2, 0.25) is 0 Å². The van der Waals surface area contributed by atoms with Crippen molar-refractivity contribution in [2.75, 3.05) is 20.8 Å². The molecule has 1 aromatic heterocycles. The van der Waals surface area contributed by atoms with Crippen molar-refractivity contribution in [3.05, 3.63) is 30.1 Å². The summed E-state index contributed by atoms with van der Waals surface area (Å²) in [6.45, 7) is 2.24. The molecule has 0 spiro atoms. The minimum Gasteiger partial charge on any atom is -0.497 e. The third-order valence-corrected chi connectivity index (χ3v) is 5.00. The van der Waals surface area contributed by atoms with Gasteiger partial charge in [0.05, 0.1) is 12.8 Å². The molecule has 0 atom stereocenters. The standard InChI is InChI=1S/C18H25N5O3/c1-13-8-10-18(11-9-13,19-16(24)12-25-2)17-20-21-22-23(17)14-4-6-15(26-3)7-5-14/h4-7,13H,8-12H2,1-3H3,(H,19,24). The van der Waals surface area contributed by atoms with Gasteiger partial charge in [-0.05, 0) is 66.3 Å². The Labute approximate surface area is 152 Å². The lowest BCUT2D eigenvalue weighted by atomic mass is 9.76. The number of ether oxygens (including phenoxy) is 2. The first-order chi connectivity index (χ1) is 12.6. The average Bonchev–Trinajstić information content (AvgIpc) is 3.14. The Hall–Kier alpha value is -2.48. The maximum Gasteiger partial charge on any atom is 0.246 e. The smallest absolute Gasteiger partial charge is 0.246 e. The number of amides is 1. The first kappa shape index (κ1) is 18.3. The third-order valence-electron chi connectivity index (χ3n) is 5.00. The predicted octanol–water partition coefficient (Wildman–Crippen LogP) is 1.84. The molecular formula is C18H25N5O3. The highest BCUT2D eigenvalue weighted by atomic mass is 16.5. The van der Waals surface area contributed by atoms with Gasteiger partial charge in [0.2, 0.25) is 5.91 Å². The van der Waals surface area contributed by atoms with Gasteiger partial charge >= 0.3 is 0 Å². The van der Waals surface area contributed by atoms with Crippen molar-refractivity contribution in [3.63, 3.8) is 0 Å². The van der Waals surface area contributed by atoms with Crippen LogP contribution < -0.4 is 10.1 Å².